The largest absolute Gasteiger partial charge is 0.264 e. The number of aryl methyl sites for hydroxylation is 2. The number of nitrogens with zero attached hydrogens (tertiary/aromatic N) is 2. The summed E-state index contributed by atoms with van der Waals surface area (Å²) in [5.74, 6) is 0.743. The minimum absolute atomic E-state index is 0.743. The first-order valence-electron chi connectivity index (χ1n) is 10.6. The van der Waals surface area contributed by atoms with E-state index in [1.54, 1.807) is 0 Å². The molecule has 144 valence electrons. The Bertz CT molecular complexity index is 1170. The van der Waals surface area contributed by atoms with Crippen LogP contribution in [-0.4, -0.2) is 4.98 Å². The molecular weight excluding hydrogens is 352 g/mol. The molecule has 1 fully saturated rings. The number of pyridine rings is 2. The van der Waals surface area contributed by atoms with Crippen molar-refractivity contribution in [1.82, 2.24) is 4.98 Å². The molecule has 1 saturated carbocycles. The number of benzene rings is 2. The Balaban J connectivity index is 1.67. The SMILES string of the molecule is Cc1ccc(-c2cccnc2)cc1-c1c2ccc(C3CCCC3)cc2cc[n+]1C. The van der Waals surface area contributed by atoms with Crippen molar-refractivity contribution < 1.29 is 4.57 Å². The zero-order valence-electron chi connectivity index (χ0n) is 17.2. The highest BCUT2D eigenvalue weighted by atomic mass is 14.9. The van der Waals surface area contributed by atoms with Crippen molar-refractivity contribution >= 4 is 10.8 Å². The number of fused-ring (bicyclic) bond motifs is 1. The summed E-state index contributed by atoms with van der Waals surface area (Å²) in [4.78, 5) is 4.30. The van der Waals surface area contributed by atoms with Gasteiger partial charge in [0.05, 0.1) is 10.9 Å². The Morgan fingerprint density at radius 2 is 1.79 bits per heavy atom. The van der Waals surface area contributed by atoms with Crippen LogP contribution in [0.1, 0.15) is 42.7 Å². The third-order valence-electron chi connectivity index (χ3n) is 6.48. The van der Waals surface area contributed by atoms with Crippen LogP contribution in [0.3, 0.4) is 0 Å². The second-order valence-electron chi connectivity index (χ2n) is 8.37. The average Bonchev–Trinajstić information content (AvgIpc) is 3.30. The number of hydrogen-bond acceptors (Lipinski definition) is 1. The van der Waals surface area contributed by atoms with Crippen molar-refractivity contribution in [3.63, 3.8) is 0 Å². The molecule has 0 saturated heterocycles. The Morgan fingerprint density at radius 3 is 2.59 bits per heavy atom. The van der Waals surface area contributed by atoms with Crippen LogP contribution in [0, 0.1) is 6.92 Å². The van der Waals surface area contributed by atoms with E-state index >= 15 is 0 Å². The summed E-state index contributed by atoms with van der Waals surface area (Å²) in [5.41, 5.74) is 7.73. The lowest BCUT2D eigenvalue weighted by molar-refractivity contribution is -0.659. The predicted octanol–water partition coefficient (Wildman–Crippen LogP) is 6.36. The van der Waals surface area contributed by atoms with Gasteiger partial charge in [-0.1, -0.05) is 43.2 Å². The van der Waals surface area contributed by atoms with Crippen molar-refractivity contribution in [3.8, 4) is 22.4 Å². The standard InChI is InChI=1S/C27H27N2/c1-19-9-10-22(24-8-5-14-28-18-24)17-26(19)27-25-12-11-21(20-6-3-4-7-20)16-23(25)13-15-29(27)2/h5,8-18,20H,3-4,6-7H2,1-2H3/q+1. The lowest BCUT2D eigenvalue weighted by atomic mass is 9.92. The van der Waals surface area contributed by atoms with Crippen LogP contribution in [0.4, 0.5) is 0 Å². The molecule has 2 heterocycles. The minimum Gasteiger partial charge on any atom is -0.264 e. The molecule has 2 heteroatoms. The van der Waals surface area contributed by atoms with Crippen LogP contribution in [0.15, 0.2) is 73.2 Å². The Hall–Kier alpha value is -3.00. The molecule has 29 heavy (non-hydrogen) atoms. The highest BCUT2D eigenvalue weighted by Crippen LogP contribution is 2.37. The maximum atomic E-state index is 4.30. The molecule has 2 aromatic carbocycles. The fourth-order valence-corrected chi connectivity index (χ4v) is 4.83. The zero-order chi connectivity index (χ0) is 19.8. The highest BCUT2D eigenvalue weighted by molar-refractivity contribution is 5.94. The van der Waals surface area contributed by atoms with Gasteiger partial charge in [0.15, 0.2) is 6.20 Å². The van der Waals surface area contributed by atoms with Crippen molar-refractivity contribution in [2.75, 3.05) is 0 Å². The molecule has 0 bridgehead atoms. The van der Waals surface area contributed by atoms with Crippen molar-refractivity contribution in [1.29, 1.82) is 0 Å². The van der Waals surface area contributed by atoms with Crippen LogP contribution in [-0.2, 0) is 7.05 Å². The maximum Gasteiger partial charge on any atom is 0.220 e. The van der Waals surface area contributed by atoms with Crippen molar-refractivity contribution in [3.05, 3.63) is 84.3 Å². The third-order valence-corrected chi connectivity index (χ3v) is 6.48. The first-order chi connectivity index (χ1) is 14.2. The molecule has 4 aromatic rings. The number of aromatic nitrogens is 2. The van der Waals surface area contributed by atoms with E-state index < -0.39 is 0 Å². The first kappa shape index (κ1) is 18.1. The topological polar surface area (TPSA) is 16.8 Å². The van der Waals surface area contributed by atoms with Gasteiger partial charge in [-0.3, -0.25) is 4.98 Å². The van der Waals surface area contributed by atoms with E-state index in [4.69, 9.17) is 0 Å². The highest BCUT2D eigenvalue weighted by Gasteiger charge is 2.21. The van der Waals surface area contributed by atoms with E-state index in [9.17, 15) is 0 Å². The summed E-state index contributed by atoms with van der Waals surface area (Å²) >= 11 is 0. The van der Waals surface area contributed by atoms with Gasteiger partial charge in [0.25, 0.3) is 0 Å². The Kier molecular flexibility index (Phi) is 4.63. The molecule has 2 nitrogen and oxygen atoms in total. The van der Waals surface area contributed by atoms with Crippen molar-refractivity contribution in [2.45, 2.75) is 38.5 Å². The second-order valence-corrected chi connectivity index (χ2v) is 8.37. The van der Waals surface area contributed by atoms with E-state index in [0.717, 1.165) is 11.5 Å². The van der Waals surface area contributed by atoms with E-state index in [0.29, 0.717) is 0 Å². The van der Waals surface area contributed by atoms with Gasteiger partial charge >= 0.3 is 0 Å². The second kappa shape index (κ2) is 7.44. The monoisotopic (exact) mass is 379 g/mol. The number of hydrogen-bond donors (Lipinski definition) is 0. The third kappa shape index (κ3) is 3.33. The molecule has 5 rings (SSSR count). The summed E-state index contributed by atoms with van der Waals surface area (Å²) < 4.78 is 2.26. The lowest BCUT2D eigenvalue weighted by Crippen LogP contribution is -2.30. The van der Waals surface area contributed by atoms with E-state index in [1.165, 1.54) is 64.4 Å². The number of rotatable bonds is 3. The summed E-state index contributed by atoms with van der Waals surface area (Å²) in [7, 11) is 2.15. The molecule has 0 N–H and O–H groups in total. The maximum absolute atomic E-state index is 4.30. The van der Waals surface area contributed by atoms with Crippen LogP contribution >= 0.6 is 0 Å². The van der Waals surface area contributed by atoms with Crippen LogP contribution in [0.5, 0.6) is 0 Å². The predicted molar refractivity (Wildman–Crippen MR) is 120 cm³/mol. The van der Waals surface area contributed by atoms with Crippen LogP contribution in [0.25, 0.3) is 33.2 Å². The molecule has 0 unspecified atom stereocenters. The quantitative estimate of drug-likeness (QED) is 0.379. The van der Waals surface area contributed by atoms with Crippen LogP contribution in [0.2, 0.25) is 0 Å². The Morgan fingerprint density at radius 1 is 0.931 bits per heavy atom. The van der Waals surface area contributed by atoms with Gasteiger partial charge in [0.1, 0.15) is 7.05 Å². The van der Waals surface area contributed by atoms with Gasteiger partial charge in [-0.25, -0.2) is 4.57 Å². The van der Waals surface area contributed by atoms with Gasteiger partial charge in [0, 0.05) is 24.0 Å². The molecule has 0 atom stereocenters. The fraction of sp³-hybridized carbons (Fsp3) is 0.259. The molecular formula is C27H27N2+. The van der Waals surface area contributed by atoms with Gasteiger partial charge in [0.2, 0.25) is 5.69 Å². The smallest absolute Gasteiger partial charge is 0.220 e. The van der Waals surface area contributed by atoms with Gasteiger partial charge < -0.3 is 0 Å². The average molecular weight is 380 g/mol. The van der Waals surface area contributed by atoms with Crippen molar-refractivity contribution in [2.24, 2.45) is 7.05 Å². The molecule has 2 aromatic heterocycles. The van der Waals surface area contributed by atoms with Gasteiger partial charge in [-0.05, 0) is 66.0 Å². The molecule has 0 aliphatic heterocycles. The molecule has 0 spiro atoms. The summed E-state index contributed by atoms with van der Waals surface area (Å²) in [6, 6.07) is 20.2. The van der Waals surface area contributed by atoms with Gasteiger partial charge in [-0.2, -0.15) is 0 Å². The zero-order valence-corrected chi connectivity index (χ0v) is 17.2. The van der Waals surface area contributed by atoms with E-state index in [2.05, 4.69) is 78.3 Å². The molecule has 0 amide bonds. The summed E-state index contributed by atoms with van der Waals surface area (Å²) in [6.07, 6.45) is 11.4. The normalized spacial score (nSPS) is 14.6. The first-order valence-corrected chi connectivity index (χ1v) is 10.6. The fourth-order valence-electron chi connectivity index (χ4n) is 4.83. The van der Waals surface area contributed by atoms with E-state index in [1.807, 2.05) is 18.5 Å². The molecule has 1 aliphatic carbocycles. The lowest BCUT2D eigenvalue weighted by Gasteiger charge is -2.13. The minimum atomic E-state index is 0.743. The molecule has 1 aliphatic rings. The summed E-state index contributed by atoms with van der Waals surface area (Å²) in [6.45, 7) is 2.20. The van der Waals surface area contributed by atoms with E-state index in [-0.39, 0.29) is 0 Å². The Labute approximate surface area is 172 Å². The van der Waals surface area contributed by atoms with Gasteiger partial charge in [-0.15, -0.1) is 0 Å². The molecule has 0 radical (unpaired) electrons. The summed E-state index contributed by atoms with van der Waals surface area (Å²) in [5, 5.41) is 2.66. The van der Waals surface area contributed by atoms with Crippen LogP contribution < -0.4 is 4.57 Å².